The molecule has 0 N–H and O–H groups in total. The number of rotatable bonds is 4. The van der Waals surface area contributed by atoms with Gasteiger partial charge in [0.1, 0.15) is 5.56 Å². The van der Waals surface area contributed by atoms with Crippen LogP contribution in [0.3, 0.4) is 0 Å². The molecule has 0 aliphatic carbocycles. The SMILES string of the molecule is C#CCSc1nnc(-c2cn(C)nc2OC)n1C. The van der Waals surface area contributed by atoms with E-state index in [1.165, 1.54) is 11.8 Å². The van der Waals surface area contributed by atoms with E-state index in [-0.39, 0.29) is 0 Å². The Morgan fingerprint density at radius 2 is 2.22 bits per heavy atom. The topological polar surface area (TPSA) is 57.8 Å². The summed E-state index contributed by atoms with van der Waals surface area (Å²) in [4.78, 5) is 0. The summed E-state index contributed by atoms with van der Waals surface area (Å²) in [6.45, 7) is 0. The zero-order valence-corrected chi connectivity index (χ0v) is 11.2. The fraction of sp³-hybridized carbons (Fsp3) is 0.364. The number of terminal acetylenes is 1. The van der Waals surface area contributed by atoms with Crippen molar-refractivity contribution in [3.63, 3.8) is 0 Å². The summed E-state index contributed by atoms with van der Waals surface area (Å²) in [5.74, 6) is 4.36. The van der Waals surface area contributed by atoms with Gasteiger partial charge in [-0.05, 0) is 0 Å². The number of methoxy groups -OCH3 is 1. The summed E-state index contributed by atoms with van der Waals surface area (Å²) in [7, 11) is 5.30. The summed E-state index contributed by atoms with van der Waals surface area (Å²) in [5, 5.41) is 13.2. The molecule has 2 rings (SSSR count). The maximum Gasteiger partial charge on any atom is 0.243 e. The van der Waals surface area contributed by atoms with Crippen molar-refractivity contribution < 1.29 is 4.74 Å². The molecule has 18 heavy (non-hydrogen) atoms. The van der Waals surface area contributed by atoms with Gasteiger partial charge < -0.3 is 9.30 Å². The number of thioether (sulfide) groups is 1. The van der Waals surface area contributed by atoms with Crippen molar-refractivity contribution in [2.75, 3.05) is 12.9 Å². The maximum absolute atomic E-state index is 5.23. The first-order valence-corrected chi connectivity index (χ1v) is 6.19. The highest BCUT2D eigenvalue weighted by molar-refractivity contribution is 7.99. The van der Waals surface area contributed by atoms with Gasteiger partial charge in [-0.3, -0.25) is 4.68 Å². The van der Waals surface area contributed by atoms with Crippen LogP contribution in [-0.2, 0) is 14.1 Å². The second-order valence-corrected chi connectivity index (χ2v) is 4.53. The van der Waals surface area contributed by atoms with Gasteiger partial charge in [0.2, 0.25) is 5.88 Å². The van der Waals surface area contributed by atoms with Crippen LogP contribution in [0.4, 0.5) is 0 Å². The van der Waals surface area contributed by atoms with Crippen LogP contribution in [0.1, 0.15) is 0 Å². The van der Waals surface area contributed by atoms with Gasteiger partial charge in [0, 0.05) is 20.3 Å². The Morgan fingerprint density at radius 3 is 2.89 bits per heavy atom. The maximum atomic E-state index is 5.23. The molecule has 0 saturated carbocycles. The Kier molecular flexibility index (Phi) is 3.58. The number of ether oxygens (including phenoxy) is 1. The van der Waals surface area contributed by atoms with Gasteiger partial charge in [-0.25, -0.2) is 0 Å². The van der Waals surface area contributed by atoms with E-state index >= 15 is 0 Å². The van der Waals surface area contributed by atoms with E-state index in [0.29, 0.717) is 17.5 Å². The van der Waals surface area contributed by atoms with Crippen molar-refractivity contribution >= 4 is 11.8 Å². The van der Waals surface area contributed by atoms with Crippen molar-refractivity contribution in [2.24, 2.45) is 14.1 Å². The van der Waals surface area contributed by atoms with E-state index in [2.05, 4.69) is 21.2 Å². The zero-order chi connectivity index (χ0) is 13.1. The lowest BCUT2D eigenvalue weighted by Gasteiger charge is -2.01. The molecule has 2 heterocycles. The Balaban J connectivity index is 2.39. The highest BCUT2D eigenvalue weighted by Gasteiger charge is 2.17. The van der Waals surface area contributed by atoms with E-state index in [9.17, 15) is 0 Å². The Bertz CT molecular complexity index is 595. The van der Waals surface area contributed by atoms with Crippen LogP contribution in [0.5, 0.6) is 5.88 Å². The molecule has 0 amide bonds. The number of aromatic nitrogens is 5. The van der Waals surface area contributed by atoms with Gasteiger partial charge in [-0.2, -0.15) is 0 Å². The summed E-state index contributed by atoms with van der Waals surface area (Å²) < 4.78 is 8.77. The number of hydrogen-bond acceptors (Lipinski definition) is 5. The smallest absolute Gasteiger partial charge is 0.243 e. The monoisotopic (exact) mass is 263 g/mol. The minimum absolute atomic E-state index is 0.529. The molecular formula is C11H13N5OS. The lowest BCUT2D eigenvalue weighted by molar-refractivity contribution is 0.393. The fourth-order valence-corrected chi connectivity index (χ4v) is 2.14. The first kappa shape index (κ1) is 12.5. The average molecular weight is 263 g/mol. The number of aryl methyl sites for hydroxylation is 1. The minimum atomic E-state index is 0.529. The molecule has 0 aromatic carbocycles. The molecule has 0 spiro atoms. The third-order valence-electron chi connectivity index (χ3n) is 2.35. The molecule has 0 bridgehead atoms. The second-order valence-electron chi connectivity index (χ2n) is 3.58. The van der Waals surface area contributed by atoms with Crippen LogP contribution >= 0.6 is 11.8 Å². The summed E-state index contributed by atoms with van der Waals surface area (Å²) in [6, 6.07) is 0. The van der Waals surface area contributed by atoms with Gasteiger partial charge in [-0.15, -0.1) is 21.7 Å². The van der Waals surface area contributed by atoms with Crippen LogP contribution in [-0.4, -0.2) is 37.4 Å². The third kappa shape index (κ3) is 2.19. The zero-order valence-electron chi connectivity index (χ0n) is 10.4. The predicted molar refractivity (Wildman–Crippen MR) is 69.3 cm³/mol. The lowest BCUT2D eigenvalue weighted by Crippen LogP contribution is -1.95. The summed E-state index contributed by atoms with van der Waals surface area (Å²) in [6.07, 6.45) is 7.08. The van der Waals surface area contributed by atoms with E-state index in [1.54, 1.807) is 11.8 Å². The first-order valence-electron chi connectivity index (χ1n) is 5.21. The molecular weight excluding hydrogens is 250 g/mol. The Hall–Kier alpha value is -1.94. The largest absolute Gasteiger partial charge is 0.479 e. The first-order chi connectivity index (χ1) is 8.67. The fourth-order valence-electron chi connectivity index (χ4n) is 1.55. The summed E-state index contributed by atoms with van der Waals surface area (Å²) >= 11 is 1.47. The minimum Gasteiger partial charge on any atom is -0.479 e. The van der Waals surface area contributed by atoms with Crippen molar-refractivity contribution in [2.45, 2.75) is 5.16 Å². The van der Waals surface area contributed by atoms with Gasteiger partial charge >= 0.3 is 0 Å². The Labute approximate surface area is 109 Å². The van der Waals surface area contributed by atoms with Gasteiger partial charge in [0.15, 0.2) is 11.0 Å². The molecule has 0 fully saturated rings. The predicted octanol–water partition coefficient (Wildman–Crippen LogP) is 0.949. The van der Waals surface area contributed by atoms with Crippen LogP contribution in [0.2, 0.25) is 0 Å². The molecule has 0 atom stereocenters. The standard InChI is InChI=1S/C11H13N5OS/c1-5-6-18-11-13-12-9(16(11)3)8-7-15(2)14-10(8)17-4/h1,7H,6H2,2-4H3. The van der Waals surface area contributed by atoms with Crippen LogP contribution in [0, 0.1) is 12.3 Å². The molecule has 0 aliphatic heterocycles. The lowest BCUT2D eigenvalue weighted by atomic mass is 10.3. The molecule has 6 nitrogen and oxygen atoms in total. The van der Waals surface area contributed by atoms with Crippen LogP contribution < -0.4 is 4.74 Å². The molecule has 2 aromatic rings. The quantitative estimate of drug-likeness (QED) is 0.607. The van der Waals surface area contributed by atoms with E-state index in [0.717, 1.165) is 10.7 Å². The molecule has 0 saturated heterocycles. The van der Waals surface area contributed by atoms with Crippen molar-refractivity contribution in [1.82, 2.24) is 24.5 Å². The van der Waals surface area contributed by atoms with Gasteiger partial charge in [0.05, 0.1) is 12.9 Å². The normalized spacial score (nSPS) is 10.3. The molecule has 7 heteroatoms. The van der Waals surface area contributed by atoms with E-state index < -0.39 is 0 Å². The van der Waals surface area contributed by atoms with Gasteiger partial charge in [0.25, 0.3) is 0 Å². The third-order valence-corrected chi connectivity index (χ3v) is 3.27. The van der Waals surface area contributed by atoms with E-state index in [1.807, 2.05) is 24.9 Å². The van der Waals surface area contributed by atoms with E-state index in [4.69, 9.17) is 11.2 Å². The number of nitrogens with zero attached hydrogens (tertiary/aromatic N) is 5. The molecule has 0 aliphatic rings. The average Bonchev–Trinajstić information content (AvgIpc) is 2.90. The van der Waals surface area contributed by atoms with Crippen molar-refractivity contribution in [1.29, 1.82) is 0 Å². The molecule has 0 unspecified atom stereocenters. The van der Waals surface area contributed by atoms with Crippen LogP contribution in [0.15, 0.2) is 11.4 Å². The molecule has 0 radical (unpaired) electrons. The number of hydrogen-bond donors (Lipinski definition) is 0. The highest BCUT2D eigenvalue weighted by atomic mass is 32.2. The Morgan fingerprint density at radius 1 is 1.44 bits per heavy atom. The van der Waals surface area contributed by atoms with Crippen LogP contribution in [0.25, 0.3) is 11.4 Å². The van der Waals surface area contributed by atoms with Gasteiger partial charge in [-0.1, -0.05) is 17.7 Å². The molecule has 2 aromatic heterocycles. The van der Waals surface area contributed by atoms with Crippen molar-refractivity contribution in [3.05, 3.63) is 6.20 Å². The summed E-state index contributed by atoms with van der Waals surface area (Å²) in [5.41, 5.74) is 0.808. The highest BCUT2D eigenvalue weighted by Crippen LogP contribution is 2.28. The molecule has 94 valence electrons. The second kappa shape index (κ2) is 5.14. The van der Waals surface area contributed by atoms with Crippen molar-refractivity contribution in [3.8, 4) is 29.6 Å².